The minimum absolute atomic E-state index is 0.0323. The van der Waals surface area contributed by atoms with Gasteiger partial charge in [0.15, 0.2) is 0 Å². The third-order valence-electron chi connectivity index (χ3n) is 2.92. The molecule has 0 spiro atoms. The fourth-order valence-corrected chi connectivity index (χ4v) is 1.82. The van der Waals surface area contributed by atoms with E-state index in [1.54, 1.807) is 36.4 Å². The van der Waals surface area contributed by atoms with Crippen LogP contribution in [-0.2, 0) is 9.47 Å². The predicted molar refractivity (Wildman–Crippen MR) is 69.3 cm³/mol. The maximum absolute atomic E-state index is 11.9. The number of rotatable bonds is 6. The molecule has 0 saturated carbocycles. The molecule has 1 heterocycles. The molecule has 0 aliphatic carbocycles. The molecular weight excluding hydrogens is 228 g/mol. The smallest absolute Gasteiger partial charge is 0.338 e. The van der Waals surface area contributed by atoms with E-state index in [1.807, 2.05) is 6.07 Å². The van der Waals surface area contributed by atoms with Gasteiger partial charge >= 0.3 is 5.97 Å². The van der Waals surface area contributed by atoms with E-state index in [9.17, 15) is 4.79 Å². The van der Waals surface area contributed by atoms with Crippen molar-refractivity contribution in [3.05, 3.63) is 61.2 Å². The minimum atomic E-state index is -0.400. The van der Waals surface area contributed by atoms with Gasteiger partial charge in [-0.3, -0.25) is 0 Å². The molecule has 1 aromatic rings. The molecule has 0 amide bonds. The standard InChI is InChI=1S/C15H16O3/c1-3-12(14-10-17-14)13(4-2)18-15(16)11-8-6-5-7-9-11/h3-9,12-14H,1-2,10H2/t12-,13-,14-/m1/s1. The van der Waals surface area contributed by atoms with Crippen LogP contribution in [0.3, 0.4) is 0 Å². The predicted octanol–water partition coefficient (Wildman–Crippen LogP) is 2.60. The lowest BCUT2D eigenvalue weighted by atomic mass is 9.99. The van der Waals surface area contributed by atoms with E-state index in [1.165, 1.54) is 0 Å². The summed E-state index contributed by atoms with van der Waals surface area (Å²) in [5.41, 5.74) is 0.531. The van der Waals surface area contributed by atoms with Gasteiger partial charge in [-0.1, -0.05) is 36.9 Å². The zero-order valence-electron chi connectivity index (χ0n) is 10.1. The van der Waals surface area contributed by atoms with Crippen molar-refractivity contribution in [3.8, 4) is 0 Å². The number of benzene rings is 1. The Balaban J connectivity index is 2.04. The van der Waals surface area contributed by atoms with Crippen molar-refractivity contribution < 1.29 is 14.3 Å². The van der Waals surface area contributed by atoms with Crippen molar-refractivity contribution in [2.45, 2.75) is 12.2 Å². The first kappa shape index (κ1) is 12.6. The number of carbonyl (C=O) groups excluding carboxylic acids is 1. The molecule has 2 rings (SSSR count). The van der Waals surface area contributed by atoms with Crippen LogP contribution in [0.15, 0.2) is 55.6 Å². The summed E-state index contributed by atoms with van der Waals surface area (Å²) in [6.07, 6.45) is 3.06. The van der Waals surface area contributed by atoms with Crippen molar-refractivity contribution in [1.82, 2.24) is 0 Å². The maximum atomic E-state index is 11.9. The van der Waals surface area contributed by atoms with Gasteiger partial charge in [0.25, 0.3) is 0 Å². The monoisotopic (exact) mass is 244 g/mol. The van der Waals surface area contributed by atoms with Crippen molar-refractivity contribution in [1.29, 1.82) is 0 Å². The Morgan fingerprint density at radius 3 is 2.50 bits per heavy atom. The summed E-state index contributed by atoms with van der Waals surface area (Å²) < 4.78 is 10.7. The number of epoxide rings is 1. The van der Waals surface area contributed by atoms with E-state index in [2.05, 4.69) is 13.2 Å². The highest BCUT2D eigenvalue weighted by atomic mass is 16.6. The molecule has 18 heavy (non-hydrogen) atoms. The van der Waals surface area contributed by atoms with Crippen LogP contribution in [-0.4, -0.2) is 24.8 Å². The highest BCUT2D eigenvalue weighted by molar-refractivity contribution is 5.89. The molecule has 3 atom stereocenters. The van der Waals surface area contributed by atoms with Gasteiger partial charge in [0.1, 0.15) is 6.10 Å². The lowest BCUT2D eigenvalue weighted by molar-refractivity contribution is 0.0295. The normalized spacial score (nSPS) is 20.6. The Kier molecular flexibility index (Phi) is 3.95. The lowest BCUT2D eigenvalue weighted by Gasteiger charge is -2.20. The first-order valence-electron chi connectivity index (χ1n) is 5.89. The van der Waals surface area contributed by atoms with Gasteiger partial charge in [0.2, 0.25) is 0 Å². The maximum Gasteiger partial charge on any atom is 0.338 e. The summed E-state index contributed by atoms with van der Waals surface area (Å²) in [5, 5.41) is 0. The summed E-state index contributed by atoms with van der Waals surface area (Å²) in [6.45, 7) is 8.14. The number of carbonyl (C=O) groups is 1. The minimum Gasteiger partial charge on any atom is -0.454 e. The molecule has 3 heteroatoms. The van der Waals surface area contributed by atoms with E-state index in [4.69, 9.17) is 9.47 Å². The molecule has 1 aliphatic rings. The Morgan fingerprint density at radius 2 is 2.00 bits per heavy atom. The van der Waals surface area contributed by atoms with Crippen LogP contribution in [0, 0.1) is 5.92 Å². The Labute approximate surface area is 107 Å². The molecule has 1 aromatic carbocycles. The van der Waals surface area contributed by atoms with Gasteiger partial charge in [0.05, 0.1) is 18.3 Å². The average molecular weight is 244 g/mol. The molecule has 3 nitrogen and oxygen atoms in total. The third-order valence-corrected chi connectivity index (χ3v) is 2.92. The summed E-state index contributed by atoms with van der Waals surface area (Å²) in [7, 11) is 0. The van der Waals surface area contributed by atoms with Crippen molar-refractivity contribution in [2.75, 3.05) is 6.61 Å². The third kappa shape index (κ3) is 2.87. The first-order chi connectivity index (χ1) is 8.76. The number of esters is 1. The van der Waals surface area contributed by atoms with Crippen molar-refractivity contribution in [2.24, 2.45) is 5.92 Å². The molecule has 1 fully saturated rings. The largest absolute Gasteiger partial charge is 0.454 e. The topological polar surface area (TPSA) is 38.8 Å². The fraction of sp³-hybridized carbons (Fsp3) is 0.267. The molecule has 94 valence electrons. The molecule has 1 aliphatic heterocycles. The van der Waals surface area contributed by atoms with Crippen LogP contribution in [0.25, 0.3) is 0 Å². The molecule has 0 radical (unpaired) electrons. The lowest BCUT2D eigenvalue weighted by Crippen LogP contribution is -2.27. The summed E-state index contributed by atoms with van der Waals surface area (Å²) >= 11 is 0. The van der Waals surface area contributed by atoms with Crippen LogP contribution in [0.1, 0.15) is 10.4 Å². The zero-order chi connectivity index (χ0) is 13.0. The van der Waals surface area contributed by atoms with Gasteiger partial charge < -0.3 is 9.47 Å². The number of ether oxygens (including phenoxy) is 2. The van der Waals surface area contributed by atoms with Crippen LogP contribution in [0.2, 0.25) is 0 Å². The Morgan fingerprint density at radius 1 is 1.33 bits per heavy atom. The second kappa shape index (κ2) is 5.65. The zero-order valence-corrected chi connectivity index (χ0v) is 10.1. The van der Waals surface area contributed by atoms with Crippen LogP contribution < -0.4 is 0 Å². The van der Waals surface area contributed by atoms with E-state index >= 15 is 0 Å². The van der Waals surface area contributed by atoms with E-state index in [-0.39, 0.29) is 18.0 Å². The highest BCUT2D eigenvalue weighted by Crippen LogP contribution is 2.27. The van der Waals surface area contributed by atoms with Gasteiger partial charge in [-0.05, 0) is 12.1 Å². The molecule has 1 saturated heterocycles. The molecular formula is C15H16O3. The van der Waals surface area contributed by atoms with Gasteiger partial charge in [-0.15, -0.1) is 6.58 Å². The van der Waals surface area contributed by atoms with Crippen molar-refractivity contribution in [3.63, 3.8) is 0 Å². The van der Waals surface area contributed by atoms with Crippen molar-refractivity contribution >= 4 is 5.97 Å². The molecule has 0 bridgehead atoms. The second-order valence-electron chi connectivity index (χ2n) is 4.16. The number of hydrogen-bond acceptors (Lipinski definition) is 3. The van der Waals surface area contributed by atoms with Gasteiger partial charge in [-0.25, -0.2) is 4.79 Å². The Bertz CT molecular complexity index is 434. The van der Waals surface area contributed by atoms with Gasteiger partial charge in [-0.2, -0.15) is 0 Å². The molecule has 0 unspecified atom stereocenters. The first-order valence-corrected chi connectivity index (χ1v) is 5.89. The highest BCUT2D eigenvalue weighted by Gasteiger charge is 2.36. The second-order valence-corrected chi connectivity index (χ2v) is 4.16. The quantitative estimate of drug-likeness (QED) is 0.438. The number of hydrogen-bond donors (Lipinski definition) is 0. The molecule has 0 N–H and O–H groups in total. The van der Waals surface area contributed by atoms with Crippen LogP contribution in [0.5, 0.6) is 0 Å². The van der Waals surface area contributed by atoms with Crippen LogP contribution >= 0.6 is 0 Å². The summed E-state index contributed by atoms with van der Waals surface area (Å²) in [6, 6.07) is 8.90. The van der Waals surface area contributed by atoms with E-state index in [0.29, 0.717) is 12.2 Å². The Hall–Kier alpha value is -1.87. The SMILES string of the molecule is C=C[C@H]([C@@H](C=C)OC(=O)c1ccccc1)[C@H]1CO1. The summed E-state index contributed by atoms with van der Waals surface area (Å²) in [4.78, 5) is 11.9. The average Bonchev–Trinajstić information content (AvgIpc) is 3.24. The van der Waals surface area contributed by atoms with Crippen LogP contribution in [0.4, 0.5) is 0 Å². The van der Waals surface area contributed by atoms with E-state index < -0.39 is 6.10 Å². The summed E-state index contributed by atoms with van der Waals surface area (Å²) in [5.74, 6) is -0.386. The molecule has 0 aromatic heterocycles. The van der Waals surface area contributed by atoms with E-state index in [0.717, 1.165) is 0 Å². The van der Waals surface area contributed by atoms with Gasteiger partial charge in [0, 0.05) is 5.92 Å². The fourth-order valence-electron chi connectivity index (χ4n) is 1.82.